The van der Waals surface area contributed by atoms with Crippen LogP contribution in [0.1, 0.15) is 16.9 Å². The zero-order valence-corrected chi connectivity index (χ0v) is 13.7. The van der Waals surface area contributed by atoms with Crippen LogP contribution in [0.4, 0.5) is 20.3 Å². The molecule has 0 bridgehead atoms. The predicted octanol–water partition coefficient (Wildman–Crippen LogP) is 1.42. The van der Waals surface area contributed by atoms with E-state index in [1.807, 2.05) is 0 Å². The van der Waals surface area contributed by atoms with Crippen LogP contribution in [-0.2, 0) is 9.84 Å². The molecule has 1 aromatic heterocycles. The molecule has 1 aliphatic heterocycles. The van der Waals surface area contributed by atoms with Gasteiger partial charge < -0.3 is 10.6 Å². The summed E-state index contributed by atoms with van der Waals surface area (Å²) in [5.41, 5.74) is -0.394. The lowest BCUT2D eigenvalue weighted by molar-refractivity contribution is 0.0935. The van der Waals surface area contributed by atoms with Gasteiger partial charge in [-0.05, 0) is 30.7 Å². The van der Waals surface area contributed by atoms with E-state index in [4.69, 9.17) is 0 Å². The van der Waals surface area contributed by atoms with E-state index in [-0.39, 0.29) is 28.7 Å². The van der Waals surface area contributed by atoms with Crippen molar-refractivity contribution < 1.29 is 22.0 Å². The van der Waals surface area contributed by atoms with Crippen LogP contribution >= 0.6 is 0 Å². The summed E-state index contributed by atoms with van der Waals surface area (Å²) in [5.74, 6) is -2.13. The molecule has 0 aliphatic carbocycles. The predicted molar refractivity (Wildman–Crippen MR) is 86.2 cm³/mol. The number of hydrogen-bond acceptors (Lipinski definition) is 6. The van der Waals surface area contributed by atoms with Crippen LogP contribution in [0.3, 0.4) is 0 Å². The number of sulfone groups is 1. The first-order valence-electron chi connectivity index (χ1n) is 7.40. The van der Waals surface area contributed by atoms with E-state index in [1.165, 1.54) is 18.2 Å². The summed E-state index contributed by atoms with van der Waals surface area (Å²) >= 11 is 0. The van der Waals surface area contributed by atoms with Crippen molar-refractivity contribution in [3.8, 4) is 0 Å². The Morgan fingerprint density at radius 2 is 1.84 bits per heavy atom. The first-order valence-corrected chi connectivity index (χ1v) is 9.22. The highest BCUT2D eigenvalue weighted by Crippen LogP contribution is 2.21. The Balaban J connectivity index is 1.67. The van der Waals surface area contributed by atoms with Gasteiger partial charge in [-0.3, -0.25) is 4.79 Å². The third-order valence-corrected chi connectivity index (χ3v) is 5.45. The van der Waals surface area contributed by atoms with Gasteiger partial charge in [-0.1, -0.05) is 6.07 Å². The van der Waals surface area contributed by atoms with E-state index in [0.717, 1.165) is 12.1 Å². The first kappa shape index (κ1) is 17.2. The maximum Gasteiger partial charge on any atom is 0.272 e. The summed E-state index contributed by atoms with van der Waals surface area (Å²) in [7, 11) is -3.10. The number of aromatic nitrogens is 2. The van der Waals surface area contributed by atoms with Crippen molar-refractivity contribution in [1.29, 1.82) is 0 Å². The molecule has 1 atom stereocenters. The number of amides is 1. The molecule has 0 saturated carbocycles. The Hall–Kier alpha value is -2.62. The second-order valence-electron chi connectivity index (χ2n) is 5.60. The zero-order chi connectivity index (χ0) is 18.0. The minimum absolute atomic E-state index is 0.0242. The Morgan fingerprint density at radius 1 is 1.12 bits per heavy atom. The molecule has 1 aromatic carbocycles. The van der Waals surface area contributed by atoms with E-state index >= 15 is 0 Å². The molecule has 25 heavy (non-hydrogen) atoms. The number of rotatable bonds is 4. The number of benzene rings is 1. The average molecular weight is 368 g/mol. The molecule has 2 aromatic rings. The topological polar surface area (TPSA) is 101 Å². The molecule has 7 nitrogen and oxygen atoms in total. The minimum atomic E-state index is -3.10. The molecule has 3 rings (SSSR count). The Kier molecular flexibility index (Phi) is 4.62. The average Bonchev–Trinajstić information content (AvgIpc) is 2.90. The monoisotopic (exact) mass is 368 g/mol. The molecular formula is C15H14F2N4O3S. The number of nitrogens with one attached hydrogen (secondary N) is 2. The maximum atomic E-state index is 13.6. The normalized spacial score (nSPS) is 18.7. The van der Waals surface area contributed by atoms with E-state index in [1.54, 1.807) is 0 Å². The summed E-state index contributed by atoms with van der Waals surface area (Å²) in [5, 5.41) is 12.4. The number of carbonyl (C=O) groups is 1. The smallest absolute Gasteiger partial charge is 0.272 e. The van der Waals surface area contributed by atoms with Crippen molar-refractivity contribution in [2.24, 2.45) is 0 Å². The second-order valence-corrected chi connectivity index (χ2v) is 7.83. The fraction of sp³-hybridized carbons (Fsp3) is 0.267. The van der Waals surface area contributed by atoms with Gasteiger partial charge in [0.05, 0.1) is 11.5 Å². The third-order valence-electron chi connectivity index (χ3n) is 3.68. The molecule has 0 spiro atoms. The minimum Gasteiger partial charge on any atom is -0.347 e. The molecule has 132 valence electrons. The summed E-state index contributed by atoms with van der Waals surface area (Å²) in [6.07, 6.45) is 0.355. The molecule has 2 N–H and O–H groups in total. The molecular weight excluding hydrogens is 354 g/mol. The van der Waals surface area contributed by atoms with Crippen molar-refractivity contribution in [1.82, 2.24) is 15.5 Å². The van der Waals surface area contributed by atoms with Gasteiger partial charge in [0.15, 0.2) is 21.3 Å². The highest BCUT2D eigenvalue weighted by molar-refractivity contribution is 7.91. The van der Waals surface area contributed by atoms with Gasteiger partial charge in [0.25, 0.3) is 5.91 Å². The van der Waals surface area contributed by atoms with Crippen molar-refractivity contribution >= 4 is 27.2 Å². The van der Waals surface area contributed by atoms with Crippen LogP contribution in [0.25, 0.3) is 0 Å². The van der Waals surface area contributed by atoms with Crippen molar-refractivity contribution in [2.75, 3.05) is 16.8 Å². The Morgan fingerprint density at radius 3 is 2.40 bits per heavy atom. The number of anilines is 2. The molecule has 1 unspecified atom stereocenters. The van der Waals surface area contributed by atoms with Gasteiger partial charge in [-0.25, -0.2) is 17.2 Å². The quantitative estimate of drug-likeness (QED) is 0.846. The molecule has 1 saturated heterocycles. The third kappa shape index (κ3) is 4.08. The molecule has 0 radical (unpaired) electrons. The van der Waals surface area contributed by atoms with Crippen molar-refractivity contribution in [3.05, 3.63) is 47.7 Å². The number of para-hydroxylation sites is 1. The van der Waals surface area contributed by atoms with Gasteiger partial charge in [-0.15, -0.1) is 10.2 Å². The van der Waals surface area contributed by atoms with Crippen LogP contribution in [0.15, 0.2) is 30.3 Å². The summed E-state index contributed by atoms with van der Waals surface area (Å²) in [4.78, 5) is 12.0. The summed E-state index contributed by atoms with van der Waals surface area (Å²) in [6.45, 7) is 0. The molecule has 1 fully saturated rings. The van der Waals surface area contributed by atoms with E-state index in [2.05, 4.69) is 20.8 Å². The molecule has 1 aliphatic rings. The van der Waals surface area contributed by atoms with Crippen LogP contribution in [0.2, 0.25) is 0 Å². The Labute approximate surface area is 142 Å². The highest BCUT2D eigenvalue weighted by atomic mass is 32.2. The van der Waals surface area contributed by atoms with Crippen LogP contribution < -0.4 is 10.6 Å². The number of carbonyl (C=O) groups excluding carboxylic acids is 1. The van der Waals surface area contributed by atoms with Gasteiger partial charge in [0.1, 0.15) is 17.3 Å². The van der Waals surface area contributed by atoms with Gasteiger partial charge in [-0.2, -0.15) is 0 Å². The SMILES string of the molecule is O=C(NC1CCS(=O)(=O)C1)c1ccc(Nc2c(F)cccc2F)nn1. The Bertz CT molecular complexity index is 883. The standard InChI is InChI=1S/C15H14F2N4O3S/c16-10-2-1-3-11(17)14(10)19-13-5-4-12(20-21-13)15(22)18-9-6-7-25(23,24)8-9/h1-5,9H,6-8H2,(H,18,22)(H,19,21). The molecule has 2 heterocycles. The number of halogens is 2. The van der Waals surface area contributed by atoms with E-state index in [0.29, 0.717) is 6.42 Å². The largest absolute Gasteiger partial charge is 0.347 e. The summed E-state index contributed by atoms with van der Waals surface area (Å²) in [6, 6.07) is 5.64. The fourth-order valence-electron chi connectivity index (χ4n) is 2.43. The van der Waals surface area contributed by atoms with Crippen molar-refractivity contribution in [2.45, 2.75) is 12.5 Å². The van der Waals surface area contributed by atoms with Gasteiger partial charge >= 0.3 is 0 Å². The van der Waals surface area contributed by atoms with Crippen molar-refractivity contribution in [3.63, 3.8) is 0 Å². The lowest BCUT2D eigenvalue weighted by Gasteiger charge is -2.10. The highest BCUT2D eigenvalue weighted by Gasteiger charge is 2.29. The molecule has 1 amide bonds. The number of hydrogen-bond donors (Lipinski definition) is 2. The van der Waals surface area contributed by atoms with Gasteiger partial charge in [0.2, 0.25) is 0 Å². The van der Waals surface area contributed by atoms with E-state index in [9.17, 15) is 22.0 Å². The van der Waals surface area contributed by atoms with Crippen LogP contribution in [0, 0.1) is 11.6 Å². The van der Waals surface area contributed by atoms with Crippen LogP contribution in [-0.4, -0.2) is 42.1 Å². The first-order chi connectivity index (χ1) is 11.8. The summed E-state index contributed by atoms with van der Waals surface area (Å²) < 4.78 is 49.9. The van der Waals surface area contributed by atoms with E-state index < -0.39 is 33.4 Å². The zero-order valence-electron chi connectivity index (χ0n) is 12.9. The lowest BCUT2D eigenvalue weighted by atomic mass is 10.2. The van der Waals surface area contributed by atoms with Gasteiger partial charge in [0, 0.05) is 6.04 Å². The molecule has 10 heteroatoms. The van der Waals surface area contributed by atoms with Crippen LogP contribution in [0.5, 0.6) is 0 Å². The maximum absolute atomic E-state index is 13.6. The number of nitrogens with zero attached hydrogens (tertiary/aromatic N) is 2. The lowest BCUT2D eigenvalue weighted by Crippen LogP contribution is -2.36. The second kappa shape index (κ2) is 6.71. The fourth-order valence-corrected chi connectivity index (χ4v) is 4.11.